The van der Waals surface area contributed by atoms with E-state index in [1.807, 2.05) is 35.8 Å². The average Bonchev–Trinajstić information content (AvgIpc) is 2.87. The molecular formula is C14H19BrN4S. The van der Waals surface area contributed by atoms with Gasteiger partial charge in [0.25, 0.3) is 0 Å². The van der Waals surface area contributed by atoms with Crippen LogP contribution in [0.2, 0.25) is 0 Å². The minimum Gasteiger partial charge on any atom is -0.308 e. The van der Waals surface area contributed by atoms with Gasteiger partial charge in [0.05, 0.1) is 17.9 Å². The number of aromatic nitrogens is 3. The Bertz CT molecular complexity index is 543. The van der Waals surface area contributed by atoms with E-state index >= 15 is 0 Å². The van der Waals surface area contributed by atoms with Crippen LogP contribution in [0, 0.1) is 0 Å². The SMILES string of the molecule is CCCNC(CSc1ccccc1Br)c1cnnn1C. The standard InChI is InChI=1S/C14H19BrN4S/c1-3-8-16-12(13-9-17-18-19(13)2)10-20-14-7-5-4-6-11(14)15/h4-7,9,12,16H,3,8,10H2,1-2H3. The maximum absolute atomic E-state index is 4.03. The summed E-state index contributed by atoms with van der Waals surface area (Å²) in [5, 5.41) is 11.6. The third-order valence-corrected chi connectivity index (χ3v) is 5.11. The van der Waals surface area contributed by atoms with Crippen LogP contribution in [-0.2, 0) is 7.05 Å². The first kappa shape index (κ1) is 15.5. The molecule has 2 rings (SSSR count). The molecule has 0 bridgehead atoms. The maximum Gasteiger partial charge on any atom is 0.0761 e. The van der Waals surface area contributed by atoms with E-state index in [1.165, 1.54) is 4.90 Å². The van der Waals surface area contributed by atoms with Crippen LogP contribution in [0.3, 0.4) is 0 Å². The predicted octanol–water partition coefficient (Wildman–Crippen LogP) is 3.41. The lowest BCUT2D eigenvalue weighted by atomic mass is 10.2. The van der Waals surface area contributed by atoms with Crippen LogP contribution in [0.4, 0.5) is 0 Å². The molecule has 0 fully saturated rings. The monoisotopic (exact) mass is 354 g/mol. The van der Waals surface area contributed by atoms with Gasteiger partial charge in [0.1, 0.15) is 0 Å². The summed E-state index contributed by atoms with van der Waals surface area (Å²) >= 11 is 5.43. The van der Waals surface area contributed by atoms with Gasteiger partial charge in [-0.3, -0.25) is 4.68 Å². The summed E-state index contributed by atoms with van der Waals surface area (Å²) in [5.74, 6) is 0.948. The molecule has 6 heteroatoms. The van der Waals surface area contributed by atoms with Gasteiger partial charge in [0.15, 0.2) is 0 Å². The van der Waals surface area contributed by atoms with Crippen LogP contribution >= 0.6 is 27.7 Å². The second-order valence-corrected chi connectivity index (χ2v) is 6.45. The summed E-state index contributed by atoms with van der Waals surface area (Å²) in [6, 6.07) is 8.56. The van der Waals surface area contributed by atoms with Crippen LogP contribution in [0.15, 0.2) is 39.8 Å². The normalized spacial score (nSPS) is 12.6. The lowest BCUT2D eigenvalue weighted by molar-refractivity contribution is 0.532. The van der Waals surface area contributed by atoms with E-state index < -0.39 is 0 Å². The summed E-state index contributed by atoms with van der Waals surface area (Å²) in [7, 11) is 1.94. The van der Waals surface area contributed by atoms with Crippen molar-refractivity contribution in [2.24, 2.45) is 7.05 Å². The number of halogens is 1. The third-order valence-electron chi connectivity index (χ3n) is 2.99. The van der Waals surface area contributed by atoms with Crippen molar-refractivity contribution in [1.29, 1.82) is 0 Å². The highest BCUT2D eigenvalue weighted by Crippen LogP contribution is 2.30. The number of hydrogen-bond donors (Lipinski definition) is 1. The molecule has 0 aliphatic carbocycles. The highest BCUT2D eigenvalue weighted by Gasteiger charge is 2.16. The first-order valence-electron chi connectivity index (χ1n) is 6.67. The van der Waals surface area contributed by atoms with E-state index in [9.17, 15) is 0 Å². The Labute approximate surface area is 132 Å². The van der Waals surface area contributed by atoms with E-state index in [1.54, 1.807) is 0 Å². The molecule has 1 atom stereocenters. The molecule has 1 N–H and O–H groups in total. The van der Waals surface area contributed by atoms with Crippen molar-refractivity contribution in [2.45, 2.75) is 24.3 Å². The molecule has 0 aliphatic heterocycles. The molecule has 108 valence electrons. The molecule has 1 heterocycles. The molecule has 2 aromatic rings. The maximum atomic E-state index is 4.03. The number of aryl methyl sites for hydroxylation is 1. The molecule has 0 amide bonds. The molecule has 0 saturated carbocycles. The molecule has 4 nitrogen and oxygen atoms in total. The molecule has 0 spiro atoms. The molecule has 1 aromatic carbocycles. The van der Waals surface area contributed by atoms with Gasteiger partial charge in [-0.2, -0.15) is 0 Å². The number of rotatable bonds is 7. The minimum absolute atomic E-state index is 0.257. The van der Waals surface area contributed by atoms with Crippen molar-refractivity contribution >= 4 is 27.7 Å². The molecule has 0 saturated heterocycles. The van der Waals surface area contributed by atoms with Gasteiger partial charge < -0.3 is 5.32 Å². The summed E-state index contributed by atoms with van der Waals surface area (Å²) in [4.78, 5) is 1.26. The Morgan fingerprint density at radius 1 is 1.40 bits per heavy atom. The Morgan fingerprint density at radius 3 is 2.85 bits per heavy atom. The highest BCUT2D eigenvalue weighted by atomic mass is 79.9. The molecule has 0 aliphatic rings. The van der Waals surface area contributed by atoms with E-state index in [0.29, 0.717) is 0 Å². The van der Waals surface area contributed by atoms with Gasteiger partial charge in [0.2, 0.25) is 0 Å². The number of nitrogens with zero attached hydrogens (tertiary/aromatic N) is 3. The van der Waals surface area contributed by atoms with Crippen LogP contribution in [-0.4, -0.2) is 27.3 Å². The topological polar surface area (TPSA) is 42.7 Å². The van der Waals surface area contributed by atoms with Gasteiger partial charge in [0, 0.05) is 22.2 Å². The van der Waals surface area contributed by atoms with Gasteiger partial charge in [-0.05, 0) is 41.0 Å². The first-order valence-corrected chi connectivity index (χ1v) is 8.45. The minimum atomic E-state index is 0.257. The zero-order chi connectivity index (χ0) is 14.4. The second kappa shape index (κ2) is 7.81. The first-order chi connectivity index (χ1) is 9.72. The fourth-order valence-corrected chi connectivity index (χ4v) is 3.56. The van der Waals surface area contributed by atoms with Crippen molar-refractivity contribution in [3.63, 3.8) is 0 Å². The third kappa shape index (κ3) is 4.07. The Hall–Kier alpha value is -0.850. The van der Waals surface area contributed by atoms with Crippen molar-refractivity contribution in [3.8, 4) is 0 Å². The fourth-order valence-electron chi connectivity index (χ4n) is 1.92. The van der Waals surface area contributed by atoms with E-state index in [4.69, 9.17) is 0 Å². The smallest absolute Gasteiger partial charge is 0.0761 e. The lowest BCUT2D eigenvalue weighted by Crippen LogP contribution is -2.26. The van der Waals surface area contributed by atoms with E-state index in [-0.39, 0.29) is 6.04 Å². The van der Waals surface area contributed by atoms with Crippen LogP contribution in [0.1, 0.15) is 25.1 Å². The molecule has 1 unspecified atom stereocenters. The summed E-state index contributed by atoms with van der Waals surface area (Å²) in [6.07, 6.45) is 2.95. The number of nitrogens with one attached hydrogen (secondary N) is 1. The highest BCUT2D eigenvalue weighted by molar-refractivity contribution is 9.10. The Balaban J connectivity index is 2.05. The molecule has 0 radical (unpaired) electrons. The van der Waals surface area contributed by atoms with Crippen molar-refractivity contribution in [3.05, 3.63) is 40.6 Å². The van der Waals surface area contributed by atoms with E-state index in [2.05, 4.69) is 56.7 Å². The zero-order valence-electron chi connectivity index (χ0n) is 11.7. The van der Waals surface area contributed by atoms with Gasteiger partial charge in [-0.25, -0.2) is 0 Å². The predicted molar refractivity (Wildman–Crippen MR) is 86.9 cm³/mol. The number of hydrogen-bond acceptors (Lipinski definition) is 4. The van der Waals surface area contributed by atoms with Gasteiger partial charge in [-0.1, -0.05) is 24.3 Å². The molecular weight excluding hydrogens is 336 g/mol. The van der Waals surface area contributed by atoms with Gasteiger partial charge >= 0.3 is 0 Å². The summed E-state index contributed by atoms with van der Waals surface area (Å²) in [5.41, 5.74) is 1.12. The number of benzene rings is 1. The summed E-state index contributed by atoms with van der Waals surface area (Å²) in [6.45, 7) is 3.17. The van der Waals surface area contributed by atoms with Crippen molar-refractivity contribution in [1.82, 2.24) is 20.3 Å². The van der Waals surface area contributed by atoms with E-state index in [0.717, 1.165) is 28.9 Å². The Kier molecular flexibility index (Phi) is 6.06. The van der Waals surface area contributed by atoms with Crippen LogP contribution < -0.4 is 5.32 Å². The second-order valence-electron chi connectivity index (χ2n) is 4.53. The molecule has 20 heavy (non-hydrogen) atoms. The Morgan fingerprint density at radius 2 is 2.20 bits per heavy atom. The number of thioether (sulfide) groups is 1. The molecule has 1 aromatic heterocycles. The lowest BCUT2D eigenvalue weighted by Gasteiger charge is -2.18. The largest absolute Gasteiger partial charge is 0.308 e. The summed E-state index contributed by atoms with van der Waals surface area (Å²) < 4.78 is 2.98. The van der Waals surface area contributed by atoms with Crippen LogP contribution in [0.25, 0.3) is 0 Å². The fraction of sp³-hybridized carbons (Fsp3) is 0.429. The van der Waals surface area contributed by atoms with Crippen LogP contribution in [0.5, 0.6) is 0 Å². The average molecular weight is 355 g/mol. The van der Waals surface area contributed by atoms with Crippen molar-refractivity contribution < 1.29 is 0 Å². The van der Waals surface area contributed by atoms with Gasteiger partial charge in [-0.15, -0.1) is 16.9 Å². The quantitative estimate of drug-likeness (QED) is 0.773. The van der Waals surface area contributed by atoms with Crippen molar-refractivity contribution in [2.75, 3.05) is 12.3 Å². The zero-order valence-corrected chi connectivity index (χ0v) is 14.1.